The molecule has 0 atom stereocenters. The minimum absolute atomic E-state index is 1.20. The summed E-state index contributed by atoms with van der Waals surface area (Å²) in [6.07, 6.45) is 6.37. The smallest absolute Gasteiger partial charge is 0.0966 e. The second-order valence-electron chi connectivity index (χ2n) is 1.95. The minimum Gasteiger partial charge on any atom is -0.375 e. The highest BCUT2D eigenvalue weighted by Crippen LogP contribution is 2.26. The van der Waals surface area contributed by atoms with E-state index in [0.717, 1.165) is 0 Å². The van der Waals surface area contributed by atoms with Crippen LogP contribution in [0.15, 0.2) is 0 Å². The van der Waals surface area contributed by atoms with Crippen LogP contribution in [-0.2, 0) is 4.74 Å². The monoisotopic (exact) mass is 99.1 g/mol. The topological polar surface area (TPSA) is 9.23 Å². The second kappa shape index (κ2) is 2.31. The van der Waals surface area contributed by atoms with E-state index in [1.807, 2.05) is 0 Å². The summed E-state index contributed by atoms with van der Waals surface area (Å²) in [6, 6.07) is 0. The average molecular weight is 99.2 g/mol. The Labute approximate surface area is 44.7 Å². The molecule has 0 bridgehead atoms. The number of methoxy groups -OCH3 is 1. The number of hydrogen-bond donors (Lipinski definition) is 0. The van der Waals surface area contributed by atoms with Gasteiger partial charge in [0.15, 0.2) is 0 Å². The van der Waals surface area contributed by atoms with Gasteiger partial charge < -0.3 is 4.74 Å². The zero-order valence-electron chi connectivity index (χ0n) is 4.74. The molecule has 0 aromatic carbocycles. The first kappa shape index (κ1) is 5.10. The molecule has 1 nitrogen and oxygen atoms in total. The predicted molar refractivity (Wildman–Crippen MR) is 28.7 cm³/mol. The standard InChI is InChI=1S/C6H11O/c1-7-6-4-2-3-5-6/h2-5H2,1H3. The summed E-state index contributed by atoms with van der Waals surface area (Å²) in [4.78, 5) is 0. The highest BCUT2D eigenvalue weighted by atomic mass is 16.5. The van der Waals surface area contributed by atoms with Gasteiger partial charge in [0.2, 0.25) is 0 Å². The number of hydrogen-bond acceptors (Lipinski definition) is 1. The first-order valence-corrected chi connectivity index (χ1v) is 2.82. The van der Waals surface area contributed by atoms with Gasteiger partial charge in [0.05, 0.1) is 6.10 Å². The maximum absolute atomic E-state index is 5.03. The molecule has 1 rings (SSSR count). The molecule has 0 N–H and O–H groups in total. The molecule has 7 heavy (non-hydrogen) atoms. The lowest BCUT2D eigenvalue weighted by atomic mass is 10.3. The van der Waals surface area contributed by atoms with Gasteiger partial charge in [-0.05, 0) is 12.8 Å². The van der Waals surface area contributed by atoms with E-state index < -0.39 is 0 Å². The van der Waals surface area contributed by atoms with Crippen LogP contribution >= 0.6 is 0 Å². The summed E-state index contributed by atoms with van der Waals surface area (Å²) in [5.41, 5.74) is 0. The summed E-state index contributed by atoms with van der Waals surface area (Å²) in [5, 5.41) is 0. The van der Waals surface area contributed by atoms with Crippen molar-refractivity contribution in [1.82, 2.24) is 0 Å². The van der Waals surface area contributed by atoms with Crippen molar-refractivity contribution in [2.75, 3.05) is 7.11 Å². The van der Waals surface area contributed by atoms with Gasteiger partial charge in [0.1, 0.15) is 0 Å². The van der Waals surface area contributed by atoms with Gasteiger partial charge in [-0.25, -0.2) is 0 Å². The molecule has 0 amide bonds. The molecule has 0 aromatic rings. The Morgan fingerprint density at radius 3 is 2.14 bits per heavy atom. The third-order valence-corrected chi connectivity index (χ3v) is 1.45. The quantitative estimate of drug-likeness (QED) is 0.486. The summed E-state index contributed by atoms with van der Waals surface area (Å²) in [6.45, 7) is 0. The number of rotatable bonds is 1. The zero-order valence-corrected chi connectivity index (χ0v) is 4.74. The number of ether oxygens (including phenoxy) is 1. The summed E-state index contributed by atoms with van der Waals surface area (Å²) in [5.74, 6) is 0. The summed E-state index contributed by atoms with van der Waals surface area (Å²) < 4.78 is 5.03. The van der Waals surface area contributed by atoms with Crippen molar-refractivity contribution < 1.29 is 4.74 Å². The van der Waals surface area contributed by atoms with Crippen molar-refractivity contribution in [1.29, 1.82) is 0 Å². The first-order chi connectivity index (χ1) is 3.43. The lowest BCUT2D eigenvalue weighted by Crippen LogP contribution is -1.90. The summed E-state index contributed by atoms with van der Waals surface area (Å²) in [7, 11) is 1.76. The highest BCUT2D eigenvalue weighted by Gasteiger charge is 2.13. The molecule has 0 heterocycles. The van der Waals surface area contributed by atoms with Crippen LogP contribution in [0.25, 0.3) is 0 Å². The molecule has 41 valence electrons. The van der Waals surface area contributed by atoms with Gasteiger partial charge in [-0.2, -0.15) is 0 Å². The van der Waals surface area contributed by atoms with Crippen molar-refractivity contribution >= 4 is 0 Å². The third-order valence-electron chi connectivity index (χ3n) is 1.45. The fourth-order valence-corrected chi connectivity index (χ4v) is 0.973. The Balaban J connectivity index is 2.14. The Hall–Kier alpha value is -0.0400. The largest absolute Gasteiger partial charge is 0.375 e. The lowest BCUT2D eigenvalue weighted by Gasteiger charge is -2.00. The van der Waals surface area contributed by atoms with E-state index in [0.29, 0.717) is 0 Å². The SMILES string of the molecule is CO[C]1CCCC1. The molecule has 0 unspecified atom stereocenters. The van der Waals surface area contributed by atoms with Crippen molar-refractivity contribution in [2.45, 2.75) is 25.7 Å². The van der Waals surface area contributed by atoms with E-state index in [2.05, 4.69) is 0 Å². The van der Waals surface area contributed by atoms with Crippen LogP contribution in [0.2, 0.25) is 0 Å². The molecule has 1 aliphatic carbocycles. The second-order valence-corrected chi connectivity index (χ2v) is 1.95. The third kappa shape index (κ3) is 1.16. The van der Waals surface area contributed by atoms with E-state index in [1.54, 1.807) is 7.11 Å². The van der Waals surface area contributed by atoms with Crippen LogP contribution in [0.3, 0.4) is 0 Å². The Morgan fingerprint density at radius 2 is 1.86 bits per heavy atom. The summed E-state index contributed by atoms with van der Waals surface area (Å²) >= 11 is 0. The van der Waals surface area contributed by atoms with Gasteiger partial charge in [-0.3, -0.25) is 0 Å². The average Bonchev–Trinajstić information content (AvgIpc) is 2.14. The molecule has 1 fully saturated rings. The van der Waals surface area contributed by atoms with Crippen molar-refractivity contribution in [3.63, 3.8) is 0 Å². The van der Waals surface area contributed by atoms with Gasteiger partial charge in [0, 0.05) is 7.11 Å². The molecule has 0 spiro atoms. The highest BCUT2D eigenvalue weighted by molar-refractivity contribution is 4.83. The molecule has 1 radical (unpaired) electrons. The van der Waals surface area contributed by atoms with Crippen molar-refractivity contribution in [3.8, 4) is 0 Å². The van der Waals surface area contributed by atoms with Crippen molar-refractivity contribution in [2.24, 2.45) is 0 Å². The van der Waals surface area contributed by atoms with E-state index in [9.17, 15) is 0 Å². The van der Waals surface area contributed by atoms with E-state index in [1.165, 1.54) is 31.8 Å². The molecule has 1 heteroatoms. The normalized spacial score (nSPS) is 23.6. The van der Waals surface area contributed by atoms with E-state index in [4.69, 9.17) is 4.74 Å². The van der Waals surface area contributed by atoms with Crippen LogP contribution in [0, 0.1) is 6.10 Å². The Kier molecular flexibility index (Phi) is 1.69. The van der Waals surface area contributed by atoms with Gasteiger partial charge >= 0.3 is 0 Å². The molecule has 0 aliphatic heterocycles. The fourth-order valence-electron chi connectivity index (χ4n) is 0.973. The molecule has 0 saturated heterocycles. The van der Waals surface area contributed by atoms with Crippen molar-refractivity contribution in [3.05, 3.63) is 6.10 Å². The van der Waals surface area contributed by atoms with Gasteiger partial charge in [-0.15, -0.1) is 0 Å². The Bertz CT molecular complexity index is 46.1. The van der Waals surface area contributed by atoms with Gasteiger partial charge in [-0.1, -0.05) is 12.8 Å². The van der Waals surface area contributed by atoms with Crippen LogP contribution in [0.5, 0.6) is 0 Å². The maximum atomic E-state index is 5.03. The predicted octanol–water partition coefficient (Wildman–Crippen LogP) is 1.74. The first-order valence-electron chi connectivity index (χ1n) is 2.82. The minimum atomic E-state index is 1.20. The Morgan fingerprint density at radius 1 is 1.29 bits per heavy atom. The molecular weight excluding hydrogens is 88.1 g/mol. The van der Waals surface area contributed by atoms with Crippen LogP contribution < -0.4 is 0 Å². The van der Waals surface area contributed by atoms with Crippen LogP contribution in [0.1, 0.15) is 25.7 Å². The maximum Gasteiger partial charge on any atom is 0.0966 e. The van der Waals surface area contributed by atoms with Gasteiger partial charge in [0.25, 0.3) is 0 Å². The molecular formula is C6H11O. The fraction of sp³-hybridized carbons (Fsp3) is 0.833. The lowest BCUT2D eigenvalue weighted by molar-refractivity contribution is 0.203. The molecule has 1 aliphatic rings. The van der Waals surface area contributed by atoms with E-state index in [-0.39, 0.29) is 0 Å². The van der Waals surface area contributed by atoms with E-state index >= 15 is 0 Å². The van der Waals surface area contributed by atoms with Crippen LogP contribution in [0.4, 0.5) is 0 Å². The van der Waals surface area contributed by atoms with Crippen LogP contribution in [-0.4, -0.2) is 7.11 Å². The molecule has 1 saturated carbocycles. The molecule has 0 aromatic heterocycles. The zero-order chi connectivity index (χ0) is 5.11.